The molecule has 182 valence electrons. The zero-order chi connectivity index (χ0) is 25.4. The first-order chi connectivity index (χ1) is 16.8. The number of nitrogens with zero attached hydrogens (tertiary/aromatic N) is 2. The Morgan fingerprint density at radius 3 is 2.34 bits per heavy atom. The topological polar surface area (TPSA) is 79.7 Å². The van der Waals surface area contributed by atoms with E-state index in [0.717, 1.165) is 16.7 Å². The number of rotatable bonds is 5. The third kappa shape index (κ3) is 6.76. The predicted octanol–water partition coefficient (Wildman–Crippen LogP) is 5.46. The molecule has 0 bridgehead atoms. The van der Waals surface area contributed by atoms with E-state index in [-0.39, 0.29) is 29.9 Å². The summed E-state index contributed by atoms with van der Waals surface area (Å²) in [7, 11) is 0. The number of carboxylic acid groups (broad SMARTS) is 1. The van der Waals surface area contributed by atoms with Crippen LogP contribution in [0.4, 0.5) is 4.39 Å². The number of aromatic nitrogens is 1. The molecule has 1 unspecified atom stereocenters. The Morgan fingerprint density at radius 1 is 1.06 bits per heavy atom. The van der Waals surface area contributed by atoms with Crippen LogP contribution in [-0.4, -0.2) is 39.5 Å². The maximum absolute atomic E-state index is 13.8. The minimum absolute atomic E-state index is 0.112. The molecule has 0 fully saturated rings. The lowest BCUT2D eigenvalue weighted by Crippen LogP contribution is -2.47. The highest BCUT2D eigenvalue weighted by Gasteiger charge is 2.31. The summed E-state index contributed by atoms with van der Waals surface area (Å²) in [5.74, 6) is -1.15. The third-order valence-electron chi connectivity index (χ3n) is 5.69. The molecule has 0 saturated carbocycles. The van der Waals surface area contributed by atoms with E-state index in [9.17, 15) is 14.0 Å². The lowest BCUT2D eigenvalue weighted by atomic mass is 9.93. The smallest absolute Gasteiger partial charge is 0.335 e. The first kappa shape index (κ1) is 25.6. The first-order valence-corrected chi connectivity index (χ1v) is 11.4. The third-order valence-corrected chi connectivity index (χ3v) is 5.69. The second-order valence-electron chi connectivity index (χ2n) is 8.24. The lowest BCUT2D eigenvalue weighted by molar-refractivity contribution is 0.0561. The maximum atomic E-state index is 13.8. The number of aryl methyl sites for hydroxylation is 1. The van der Waals surface area contributed by atoms with Gasteiger partial charge in [-0.1, -0.05) is 24.3 Å². The zero-order valence-electron chi connectivity index (χ0n) is 20.1. The number of allylic oxidation sites excluding steroid dienone is 2. The van der Waals surface area contributed by atoms with Crippen molar-refractivity contribution in [1.82, 2.24) is 9.88 Å². The largest absolute Gasteiger partial charge is 0.478 e. The van der Waals surface area contributed by atoms with Crippen molar-refractivity contribution in [3.63, 3.8) is 0 Å². The molecule has 0 radical (unpaired) electrons. The van der Waals surface area contributed by atoms with Crippen LogP contribution in [0.25, 0.3) is 0 Å². The molecule has 3 aromatic rings. The molecule has 1 N–H and O–H groups in total. The van der Waals surface area contributed by atoms with Gasteiger partial charge < -0.3 is 14.7 Å². The molecule has 0 saturated heterocycles. The molecule has 0 aliphatic carbocycles. The van der Waals surface area contributed by atoms with Crippen LogP contribution in [0.1, 0.15) is 51.3 Å². The predicted molar refractivity (Wildman–Crippen MR) is 132 cm³/mol. The lowest BCUT2D eigenvalue weighted by Gasteiger charge is -2.37. The van der Waals surface area contributed by atoms with Crippen molar-refractivity contribution in [2.75, 3.05) is 6.61 Å². The van der Waals surface area contributed by atoms with E-state index < -0.39 is 5.97 Å². The van der Waals surface area contributed by atoms with Gasteiger partial charge in [-0.2, -0.15) is 0 Å². The molecule has 1 aliphatic rings. The molecule has 1 aliphatic heterocycles. The number of benzene rings is 2. The van der Waals surface area contributed by atoms with Gasteiger partial charge in [0.2, 0.25) is 5.88 Å². The number of pyridine rings is 1. The standard InChI is InChI=1S/C24H21FN2O4.C4H8/c1-15-2-9-22(26-12-15)31-14-21-11-19-10-20(25)8-7-18(19)13-27(21)23(28)16-3-5-17(6-4-16)24(29)30;1-3-4-2/h2-10,12,21H,11,13-14H2,1H3,(H,29,30);3-4H,1-2H3/b;4-3-. The summed E-state index contributed by atoms with van der Waals surface area (Å²) in [5, 5.41) is 9.08. The van der Waals surface area contributed by atoms with Gasteiger partial charge in [0, 0.05) is 24.4 Å². The number of carbonyl (C=O) groups is 2. The molecule has 1 amide bonds. The Morgan fingerprint density at radius 2 is 1.74 bits per heavy atom. The van der Waals surface area contributed by atoms with E-state index in [4.69, 9.17) is 9.84 Å². The van der Waals surface area contributed by atoms with E-state index in [2.05, 4.69) is 4.98 Å². The van der Waals surface area contributed by atoms with E-state index in [1.165, 1.54) is 36.4 Å². The van der Waals surface area contributed by atoms with Gasteiger partial charge in [0.15, 0.2) is 0 Å². The van der Waals surface area contributed by atoms with Gasteiger partial charge >= 0.3 is 5.97 Å². The van der Waals surface area contributed by atoms with Crippen molar-refractivity contribution < 1.29 is 23.8 Å². The van der Waals surface area contributed by atoms with Gasteiger partial charge in [-0.15, -0.1) is 0 Å². The van der Waals surface area contributed by atoms with Crippen LogP contribution < -0.4 is 4.74 Å². The summed E-state index contributed by atoms with van der Waals surface area (Å²) in [6.07, 6.45) is 6.14. The molecule has 7 heteroatoms. The van der Waals surface area contributed by atoms with Crippen LogP contribution in [0.2, 0.25) is 0 Å². The number of carboxylic acids is 1. The quantitative estimate of drug-likeness (QED) is 0.495. The minimum atomic E-state index is -1.05. The van der Waals surface area contributed by atoms with Crippen molar-refractivity contribution in [3.8, 4) is 5.88 Å². The second-order valence-corrected chi connectivity index (χ2v) is 8.24. The van der Waals surface area contributed by atoms with Crippen LogP contribution in [0.15, 0.2) is 72.9 Å². The summed E-state index contributed by atoms with van der Waals surface area (Å²) in [6, 6.07) is 13.7. The fourth-order valence-corrected chi connectivity index (χ4v) is 3.64. The van der Waals surface area contributed by atoms with Gasteiger partial charge in [-0.3, -0.25) is 4.79 Å². The van der Waals surface area contributed by atoms with Crippen molar-refractivity contribution in [2.45, 2.75) is 39.8 Å². The number of hydrogen-bond acceptors (Lipinski definition) is 4. The Labute approximate surface area is 204 Å². The molecule has 1 atom stereocenters. The van der Waals surface area contributed by atoms with Crippen molar-refractivity contribution in [1.29, 1.82) is 0 Å². The minimum Gasteiger partial charge on any atom is -0.478 e. The first-order valence-electron chi connectivity index (χ1n) is 11.4. The number of hydrogen-bond donors (Lipinski definition) is 1. The number of aromatic carboxylic acids is 1. The second kappa shape index (κ2) is 11.9. The van der Waals surface area contributed by atoms with E-state index in [1.54, 1.807) is 23.2 Å². The summed E-state index contributed by atoms with van der Waals surface area (Å²) in [4.78, 5) is 30.3. The molecule has 2 aromatic carbocycles. The SMILES string of the molecule is C/C=C\C.Cc1ccc(OCC2Cc3cc(F)ccc3CN2C(=O)c2ccc(C(=O)O)cc2)nc1. The van der Waals surface area contributed by atoms with Crippen LogP contribution in [-0.2, 0) is 13.0 Å². The highest BCUT2D eigenvalue weighted by atomic mass is 19.1. The van der Waals surface area contributed by atoms with Gasteiger partial charge in [-0.05, 0) is 80.3 Å². The molecule has 35 heavy (non-hydrogen) atoms. The van der Waals surface area contributed by atoms with Crippen LogP contribution in [0.5, 0.6) is 5.88 Å². The van der Waals surface area contributed by atoms with Gasteiger partial charge in [0.05, 0.1) is 11.6 Å². The normalized spacial score (nSPS) is 14.6. The Bertz CT molecular complexity index is 1190. The molecule has 2 heterocycles. The van der Waals surface area contributed by atoms with Gasteiger partial charge in [0.1, 0.15) is 12.4 Å². The Kier molecular flexibility index (Phi) is 8.73. The van der Waals surface area contributed by atoms with Crippen molar-refractivity contribution in [2.24, 2.45) is 0 Å². The molecule has 1 aromatic heterocycles. The van der Waals surface area contributed by atoms with Crippen LogP contribution in [0, 0.1) is 12.7 Å². The highest BCUT2D eigenvalue weighted by molar-refractivity contribution is 5.96. The molecule has 4 rings (SSSR count). The van der Waals surface area contributed by atoms with E-state index in [0.29, 0.717) is 24.4 Å². The number of amides is 1. The van der Waals surface area contributed by atoms with Gasteiger partial charge in [0.25, 0.3) is 5.91 Å². The summed E-state index contributed by atoms with van der Waals surface area (Å²) >= 11 is 0. The summed E-state index contributed by atoms with van der Waals surface area (Å²) in [6.45, 7) is 6.44. The summed E-state index contributed by atoms with van der Waals surface area (Å²) < 4.78 is 19.6. The maximum Gasteiger partial charge on any atom is 0.335 e. The van der Waals surface area contributed by atoms with Gasteiger partial charge in [-0.25, -0.2) is 14.2 Å². The average Bonchev–Trinajstić information content (AvgIpc) is 2.87. The van der Waals surface area contributed by atoms with Crippen LogP contribution >= 0.6 is 0 Å². The zero-order valence-corrected chi connectivity index (χ0v) is 20.1. The number of ether oxygens (including phenoxy) is 1. The Balaban J connectivity index is 0.000000795. The Hall–Kier alpha value is -4.00. The highest BCUT2D eigenvalue weighted by Crippen LogP contribution is 2.26. The van der Waals surface area contributed by atoms with E-state index >= 15 is 0 Å². The molecule has 0 spiro atoms. The fraction of sp³-hybridized carbons (Fsp3) is 0.250. The monoisotopic (exact) mass is 476 g/mol. The molecular weight excluding hydrogens is 447 g/mol. The van der Waals surface area contributed by atoms with Crippen molar-refractivity contribution >= 4 is 11.9 Å². The van der Waals surface area contributed by atoms with E-state index in [1.807, 2.05) is 39.0 Å². The number of fused-ring (bicyclic) bond motifs is 1. The fourth-order valence-electron chi connectivity index (χ4n) is 3.64. The average molecular weight is 477 g/mol. The molecule has 6 nitrogen and oxygen atoms in total. The van der Waals surface area contributed by atoms with Crippen LogP contribution in [0.3, 0.4) is 0 Å². The number of halogens is 1. The van der Waals surface area contributed by atoms with Crippen molar-refractivity contribution in [3.05, 3.63) is 107 Å². The molecular formula is C28H29FN2O4. The number of carbonyl (C=O) groups excluding carboxylic acids is 1. The summed E-state index contributed by atoms with van der Waals surface area (Å²) in [5.41, 5.74) is 3.23.